The van der Waals surface area contributed by atoms with Gasteiger partial charge in [0.05, 0.1) is 5.92 Å². The zero-order valence-electron chi connectivity index (χ0n) is 20.0. The second-order valence-corrected chi connectivity index (χ2v) is 8.58. The first-order chi connectivity index (χ1) is 16.5. The molecule has 2 amide bonds. The summed E-state index contributed by atoms with van der Waals surface area (Å²) in [5.41, 5.74) is 4.65. The van der Waals surface area contributed by atoms with Crippen LogP contribution in [0.3, 0.4) is 0 Å². The molecular weight excluding hydrogens is 432 g/mol. The van der Waals surface area contributed by atoms with Crippen molar-refractivity contribution in [1.29, 1.82) is 0 Å². The summed E-state index contributed by atoms with van der Waals surface area (Å²) in [5, 5.41) is 11.5. The molecule has 0 heterocycles. The van der Waals surface area contributed by atoms with Crippen LogP contribution in [0.5, 0.6) is 0 Å². The zero-order chi connectivity index (χ0) is 24.5. The fraction of sp³-hybridized carbons (Fsp3) is 0.444. The number of carboxylic acids is 1. The van der Waals surface area contributed by atoms with Crippen molar-refractivity contribution >= 4 is 18.0 Å². The van der Waals surface area contributed by atoms with Gasteiger partial charge < -0.3 is 20.1 Å². The molecule has 7 heteroatoms. The number of hydrogen-bond donors (Lipinski definition) is 2. The minimum absolute atomic E-state index is 0.0110. The van der Waals surface area contributed by atoms with E-state index < -0.39 is 12.1 Å². The lowest BCUT2D eigenvalue weighted by molar-refractivity contribution is -0.137. The van der Waals surface area contributed by atoms with Gasteiger partial charge in [0.2, 0.25) is 5.91 Å². The van der Waals surface area contributed by atoms with Gasteiger partial charge in [-0.2, -0.15) is 0 Å². The number of alkyl carbamates (subject to hydrolysis) is 1. The number of nitrogens with zero attached hydrogens (tertiary/aromatic N) is 1. The molecule has 182 valence electrons. The van der Waals surface area contributed by atoms with Gasteiger partial charge >= 0.3 is 12.1 Å². The van der Waals surface area contributed by atoms with Crippen LogP contribution in [0.25, 0.3) is 11.1 Å². The van der Waals surface area contributed by atoms with Crippen LogP contribution in [0.4, 0.5) is 4.79 Å². The van der Waals surface area contributed by atoms with E-state index >= 15 is 0 Å². The predicted octanol–water partition coefficient (Wildman–Crippen LogP) is 4.65. The monoisotopic (exact) mass is 466 g/mol. The van der Waals surface area contributed by atoms with E-state index in [1.54, 1.807) is 4.90 Å². The highest BCUT2D eigenvalue weighted by atomic mass is 16.5. The van der Waals surface area contributed by atoms with Gasteiger partial charge in [-0.15, -0.1) is 0 Å². The first kappa shape index (κ1) is 25.3. The average molecular weight is 467 g/mol. The minimum Gasteiger partial charge on any atom is -0.481 e. The molecule has 0 aliphatic heterocycles. The number of aliphatic carboxylic acids is 1. The van der Waals surface area contributed by atoms with Crippen molar-refractivity contribution in [2.45, 2.75) is 45.4 Å². The highest BCUT2D eigenvalue weighted by molar-refractivity contribution is 5.80. The number of carboxylic acid groups (broad SMARTS) is 1. The van der Waals surface area contributed by atoms with E-state index in [4.69, 9.17) is 9.84 Å². The molecule has 0 spiro atoms. The van der Waals surface area contributed by atoms with Gasteiger partial charge in [0, 0.05) is 32.0 Å². The van der Waals surface area contributed by atoms with Gasteiger partial charge in [-0.1, -0.05) is 55.5 Å². The highest BCUT2D eigenvalue weighted by Gasteiger charge is 2.29. The van der Waals surface area contributed by atoms with Gasteiger partial charge in [-0.3, -0.25) is 9.59 Å². The van der Waals surface area contributed by atoms with Crippen LogP contribution < -0.4 is 5.32 Å². The number of nitrogens with one attached hydrogen (secondary N) is 1. The van der Waals surface area contributed by atoms with Crippen molar-refractivity contribution in [3.05, 3.63) is 59.7 Å². The lowest BCUT2D eigenvalue weighted by Gasteiger charge is -2.26. The summed E-state index contributed by atoms with van der Waals surface area (Å²) < 4.78 is 5.57. The highest BCUT2D eigenvalue weighted by Crippen LogP contribution is 2.44. The summed E-state index contributed by atoms with van der Waals surface area (Å²) in [5.74, 6) is -1.21. The molecule has 1 aliphatic carbocycles. The Bertz CT molecular complexity index is 961. The van der Waals surface area contributed by atoms with Crippen LogP contribution in [-0.2, 0) is 14.3 Å². The third-order valence-corrected chi connectivity index (χ3v) is 6.44. The Kier molecular flexibility index (Phi) is 9.08. The number of carbonyl (C=O) groups excluding carboxylic acids is 2. The van der Waals surface area contributed by atoms with Gasteiger partial charge in [0.1, 0.15) is 6.61 Å². The van der Waals surface area contributed by atoms with E-state index in [0.29, 0.717) is 32.4 Å². The minimum atomic E-state index is -0.826. The van der Waals surface area contributed by atoms with E-state index in [2.05, 4.69) is 29.6 Å². The van der Waals surface area contributed by atoms with Gasteiger partial charge in [-0.25, -0.2) is 4.79 Å². The van der Waals surface area contributed by atoms with Crippen molar-refractivity contribution in [2.75, 3.05) is 26.2 Å². The first-order valence-electron chi connectivity index (χ1n) is 12.1. The van der Waals surface area contributed by atoms with Gasteiger partial charge in [0.15, 0.2) is 0 Å². The maximum absolute atomic E-state index is 12.9. The summed E-state index contributed by atoms with van der Waals surface area (Å²) >= 11 is 0. The Morgan fingerprint density at radius 2 is 1.62 bits per heavy atom. The lowest BCUT2D eigenvalue weighted by Crippen LogP contribution is -2.42. The Hall–Kier alpha value is -3.35. The average Bonchev–Trinajstić information content (AvgIpc) is 3.16. The number of benzene rings is 2. The summed E-state index contributed by atoms with van der Waals surface area (Å²) in [4.78, 5) is 37.8. The van der Waals surface area contributed by atoms with Crippen molar-refractivity contribution in [2.24, 2.45) is 5.92 Å². The molecule has 0 bridgehead atoms. The van der Waals surface area contributed by atoms with Gasteiger partial charge in [-0.05, 0) is 48.4 Å². The molecule has 34 heavy (non-hydrogen) atoms. The molecule has 2 aromatic rings. The fourth-order valence-corrected chi connectivity index (χ4v) is 4.52. The standard InChI is InChI=1S/C27H34N2O5/c1-3-19(26(32)29(4-2)16-10-9-15-25(30)31)17-28-27(33)34-18-24-22-13-7-5-11-20(22)21-12-6-8-14-23(21)24/h5-8,11-14,19,24H,3-4,9-10,15-18H2,1-2H3,(H,28,33)(H,30,31). The molecule has 1 unspecified atom stereocenters. The summed E-state index contributed by atoms with van der Waals surface area (Å²) in [6.07, 6.45) is 1.34. The number of fused-ring (bicyclic) bond motifs is 3. The normalized spacial score (nSPS) is 13.0. The smallest absolute Gasteiger partial charge is 0.407 e. The number of hydrogen-bond acceptors (Lipinski definition) is 4. The second kappa shape index (κ2) is 12.2. The molecule has 0 saturated heterocycles. The zero-order valence-corrected chi connectivity index (χ0v) is 20.0. The van der Waals surface area contributed by atoms with E-state index in [-0.39, 0.29) is 37.3 Å². The van der Waals surface area contributed by atoms with E-state index in [1.807, 2.05) is 38.1 Å². The molecule has 2 aromatic carbocycles. The molecule has 0 aromatic heterocycles. The van der Waals surface area contributed by atoms with Gasteiger partial charge in [0.25, 0.3) is 0 Å². The molecule has 0 radical (unpaired) electrons. The topological polar surface area (TPSA) is 95.9 Å². The Morgan fingerprint density at radius 3 is 2.18 bits per heavy atom. The summed E-state index contributed by atoms with van der Waals surface area (Å²) in [6, 6.07) is 16.3. The largest absolute Gasteiger partial charge is 0.481 e. The van der Waals surface area contributed by atoms with Crippen LogP contribution in [0.2, 0.25) is 0 Å². The number of rotatable bonds is 12. The molecule has 0 fully saturated rings. The molecule has 1 aliphatic rings. The van der Waals surface area contributed by atoms with Crippen molar-refractivity contribution in [3.8, 4) is 11.1 Å². The summed E-state index contributed by atoms with van der Waals surface area (Å²) in [7, 11) is 0. The van der Waals surface area contributed by atoms with Crippen LogP contribution >= 0.6 is 0 Å². The fourth-order valence-electron chi connectivity index (χ4n) is 4.52. The first-order valence-corrected chi connectivity index (χ1v) is 12.1. The van der Waals surface area contributed by atoms with E-state index in [9.17, 15) is 14.4 Å². The number of carbonyl (C=O) groups is 3. The number of amides is 2. The SMILES string of the molecule is CCC(CNC(=O)OCC1c2ccccc2-c2ccccc21)C(=O)N(CC)CCCCC(=O)O. The maximum atomic E-state index is 12.9. The van der Waals surface area contributed by atoms with Crippen LogP contribution in [0.1, 0.15) is 56.6 Å². The van der Waals surface area contributed by atoms with E-state index in [1.165, 1.54) is 11.1 Å². The summed E-state index contributed by atoms with van der Waals surface area (Å²) in [6.45, 7) is 5.32. The molecule has 0 saturated carbocycles. The number of ether oxygens (including phenoxy) is 1. The Labute approximate surface area is 201 Å². The third kappa shape index (κ3) is 6.16. The predicted molar refractivity (Wildman–Crippen MR) is 131 cm³/mol. The van der Waals surface area contributed by atoms with Crippen LogP contribution in [-0.4, -0.2) is 54.2 Å². The van der Waals surface area contributed by atoms with E-state index in [0.717, 1.165) is 11.1 Å². The van der Waals surface area contributed by atoms with Crippen LogP contribution in [0.15, 0.2) is 48.5 Å². The maximum Gasteiger partial charge on any atom is 0.407 e. The Morgan fingerprint density at radius 1 is 1.00 bits per heavy atom. The number of unbranched alkanes of at least 4 members (excludes halogenated alkanes) is 1. The quantitative estimate of drug-likeness (QED) is 0.444. The molecule has 3 rings (SSSR count). The second-order valence-electron chi connectivity index (χ2n) is 8.58. The molecular formula is C27H34N2O5. The third-order valence-electron chi connectivity index (χ3n) is 6.44. The van der Waals surface area contributed by atoms with Crippen molar-refractivity contribution < 1.29 is 24.2 Å². The lowest BCUT2D eigenvalue weighted by atomic mass is 9.98. The Balaban J connectivity index is 1.51. The van der Waals surface area contributed by atoms with Crippen LogP contribution in [0, 0.1) is 5.92 Å². The van der Waals surface area contributed by atoms with Crippen molar-refractivity contribution in [1.82, 2.24) is 10.2 Å². The molecule has 1 atom stereocenters. The molecule has 2 N–H and O–H groups in total. The molecule has 7 nitrogen and oxygen atoms in total. The van der Waals surface area contributed by atoms with Crippen molar-refractivity contribution in [3.63, 3.8) is 0 Å².